The SMILES string of the molecule is CNC(=O)C(CNC(=O)C(CC(=O)O)NC(=O)CS)c1c[nH]c2ccccc12. The van der Waals surface area contributed by atoms with Crippen molar-refractivity contribution in [2.75, 3.05) is 19.3 Å². The summed E-state index contributed by atoms with van der Waals surface area (Å²) < 4.78 is 0. The van der Waals surface area contributed by atoms with Crippen molar-refractivity contribution in [3.8, 4) is 0 Å². The minimum absolute atomic E-state index is 0.0623. The first kappa shape index (κ1) is 21.3. The summed E-state index contributed by atoms with van der Waals surface area (Å²) in [5.74, 6) is -3.68. The Balaban J connectivity index is 2.18. The van der Waals surface area contributed by atoms with Crippen LogP contribution < -0.4 is 16.0 Å². The van der Waals surface area contributed by atoms with Crippen LogP contribution >= 0.6 is 12.6 Å². The van der Waals surface area contributed by atoms with Crippen LogP contribution in [0.15, 0.2) is 30.5 Å². The maximum atomic E-state index is 12.4. The molecule has 0 saturated heterocycles. The number of thiol groups is 1. The number of carbonyl (C=O) groups is 4. The highest BCUT2D eigenvalue weighted by Crippen LogP contribution is 2.25. The highest BCUT2D eigenvalue weighted by molar-refractivity contribution is 7.81. The van der Waals surface area contributed by atoms with E-state index in [1.165, 1.54) is 7.05 Å². The van der Waals surface area contributed by atoms with Gasteiger partial charge >= 0.3 is 5.97 Å². The van der Waals surface area contributed by atoms with Gasteiger partial charge in [0.25, 0.3) is 0 Å². The number of aliphatic carboxylic acids is 1. The van der Waals surface area contributed by atoms with Gasteiger partial charge in [-0.2, -0.15) is 12.6 Å². The van der Waals surface area contributed by atoms with E-state index in [2.05, 4.69) is 33.6 Å². The Morgan fingerprint density at radius 3 is 2.54 bits per heavy atom. The summed E-state index contributed by atoms with van der Waals surface area (Å²) in [6.07, 6.45) is 1.12. The highest BCUT2D eigenvalue weighted by atomic mass is 32.1. The summed E-state index contributed by atoms with van der Waals surface area (Å²) in [5.41, 5.74) is 1.55. The minimum Gasteiger partial charge on any atom is -0.481 e. The summed E-state index contributed by atoms with van der Waals surface area (Å²) in [6.45, 7) is -0.0623. The molecule has 10 heteroatoms. The van der Waals surface area contributed by atoms with Crippen molar-refractivity contribution in [2.24, 2.45) is 0 Å². The van der Waals surface area contributed by atoms with Gasteiger partial charge in [-0.25, -0.2) is 0 Å². The smallest absolute Gasteiger partial charge is 0.305 e. The molecular weight excluding hydrogens is 384 g/mol. The molecule has 1 aromatic carbocycles. The van der Waals surface area contributed by atoms with Crippen molar-refractivity contribution in [1.82, 2.24) is 20.9 Å². The van der Waals surface area contributed by atoms with Crippen LogP contribution in [0.3, 0.4) is 0 Å². The molecule has 0 radical (unpaired) electrons. The Hall–Kier alpha value is -3.01. The summed E-state index contributed by atoms with van der Waals surface area (Å²) in [5, 5.41) is 17.3. The van der Waals surface area contributed by atoms with Gasteiger partial charge in [0, 0.05) is 30.7 Å². The van der Waals surface area contributed by atoms with Gasteiger partial charge in [-0.15, -0.1) is 0 Å². The molecule has 0 fully saturated rings. The van der Waals surface area contributed by atoms with Gasteiger partial charge in [-0.1, -0.05) is 18.2 Å². The summed E-state index contributed by atoms with van der Waals surface area (Å²) in [6, 6.07) is 6.17. The maximum Gasteiger partial charge on any atom is 0.305 e. The molecule has 2 atom stereocenters. The van der Waals surface area contributed by atoms with Gasteiger partial charge in [0.15, 0.2) is 0 Å². The van der Waals surface area contributed by atoms with Crippen molar-refractivity contribution in [1.29, 1.82) is 0 Å². The number of benzene rings is 1. The van der Waals surface area contributed by atoms with E-state index in [9.17, 15) is 19.2 Å². The van der Waals surface area contributed by atoms with Crippen LogP contribution in [0, 0.1) is 0 Å². The number of para-hydroxylation sites is 1. The third kappa shape index (κ3) is 5.26. The number of fused-ring (bicyclic) bond motifs is 1. The quantitative estimate of drug-likeness (QED) is 0.325. The normalized spacial score (nSPS) is 12.8. The third-order valence-corrected chi connectivity index (χ3v) is 4.50. The molecule has 150 valence electrons. The van der Waals surface area contributed by atoms with Crippen LogP contribution in [-0.2, 0) is 19.2 Å². The predicted molar refractivity (Wildman–Crippen MR) is 106 cm³/mol. The molecule has 1 aromatic heterocycles. The van der Waals surface area contributed by atoms with E-state index in [-0.39, 0.29) is 18.2 Å². The lowest BCUT2D eigenvalue weighted by Gasteiger charge is -2.20. The molecule has 2 unspecified atom stereocenters. The van der Waals surface area contributed by atoms with E-state index in [4.69, 9.17) is 5.11 Å². The van der Waals surface area contributed by atoms with E-state index < -0.39 is 36.2 Å². The largest absolute Gasteiger partial charge is 0.481 e. The van der Waals surface area contributed by atoms with E-state index >= 15 is 0 Å². The maximum absolute atomic E-state index is 12.4. The van der Waals surface area contributed by atoms with Gasteiger partial charge in [0.1, 0.15) is 6.04 Å². The molecule has 0 aliphatic heterocycles. The number of carbonyl (C=O) groups excluding carboxylic acids is 3. The fourth-order valence-corrected chi connectivity index (χ4v) is 2.94. The molecule has 0 saturated carbocycles. The molecule has 1 heterocycles. The second kappa shape index (κ2) is 9.79. The Labute approximate surface area is 166 Å². The number of aromatic nitrogens is 1. The van der Waals surface area contributed by atoms with E-state index in [1.807, 2.05) is 24.3 Å². The Kier molecular flexibility index (Phi) is 7.44. The Morgan fingerprint density at radius 2 is 1.89 bits per heavy atom. The zero-order valence-electron chi connectivity index (χ0n) is 15.2. The van der Waals surface area contributed by atoms with Crippen LogP contribution in [0.5, 0.6) is 0 Å². The molecule has 0 bridgehead atoms. The average Bonchev–Trinajstić information content (AvgIpc) is 3.10. The molecule has 0 aliphatic rings. The lowest BCUT2D eigenvalue weighted by molar-refractivity contribution is -0.140. The molecule has 0 aliphatic carbocycles. The first-order chi connectivity index (χ1) is 13.4. The fourth-order valence-electron chi connectivity index (χ4n) is 2.85. The first-order valence-electron chi connectivity index (χ1n) is 8.54. The summed E-state index contributed by atoms with van der Waals surface area (Å²) in [4.78, 5) is 50.4. The van der Waals surface area contributed by atoms with Gasteiger partial charge in [0.2, 0.25) is 17.7 Å². The van der Waals surface area contributed by atoms with Crippen LogP contribution in [-0.4, -0.2) is 59.2 Å². The van der Waals surface area contributed by atoms with Crippen molar-refractivity contribution in [3.05, 3.63) is 36.0 Å². The molecule has 0 spiro atoms. The molecular formula is C18H22N4O5S. The van der Waals surface area contributed by atoms with Gasteiger partial charge in [0.05, 0.1) is 18.1 Å². The van der Waals surface area contributed by atoms with Crippen LogP contribution in [0.2, 0.25) is 0 Å². The van der Waals surface area contributed by atoms with Gasteiger partial charge in [-0.05, 0) is 11.6 Å². The summed E-state index contributed by atoms with van der Waals surface area (Å²) in [7, 11) is 1.49. The average molecular weight is 406 g/mol. The van der Waals surface area contributed by atoms with E-state index in [1.54, 1.807) is 6.20 Å². The van der Waals surface area contributed by atoms with E-state index in [0.717, 1.165) is 10.9 Å². The summed E-state index contributed by atoms with van der Waals surface area (Å²) >= 11 is 3.80. The predicted octanol–water partition coefficient (Wildman–Crippen LogP) is 0.00300. The topological polar surface area (TPSA) is 140 Å². The molecule has 5 N–H and O–H groups in total. The van der Waals surface area contributed by atoms with Crippen molar-refractivity contribution >= 4 is 47.2 Å². The lowest BCUT2D eigenvalue weighted by atomic mass is 9.97. The number of amides is 3. The number of H-pyrrole nitrogens is 1. The van der Waals surface area contributed by atoms with Crippen LogP contribution in [0.1, 0.15) is 17.9 Å². The number of hydrogen-bond acceptors (Lipinski definition) is 5. The lowest BCUT2D eigenvalue weighted by Crippen LogP contribution is -2.49. The van der Waals surface area contributed by atoms with E-state index in [0.29, 0.717) is 5.56 Å². The Morgan fingerprint density at radius 1 is 1.18 bits per heavy atom. The van der Waals surface area contributed by atoms with Crippen LogP contribution in [0.4, 0.5) is 0 Å². The Bertz CT molecular complexity index is 882. The molecule has 9 nitrogen and oxygen atoms in total. The number of likely N-dealkylation sites (N-methyl/N-ethyl adjacent to an activating group) is 1. The molecule has 3 amide bonds. The number of hydrogen-bond donors (Lipinski definition) is 6. The fraction of sp³-hybridized carbons (Fsp3) is 0.333. The van der Waals surface area contributed by atoms with Gasteiger partial charge in [-0.3, -0.25) is 19.2 Å². The van der Waals surface area contributed by atoms with Crippen molar-refractivity contribution < 1.29 is 24.3 Å². The second-order valence-electron chi connectivity index (χ2n) is 6.08. The minimum atomic E-state index is -1.26. The molecule has 28 heavy (non-hydrogen) atoms. The standard InChI is InChI=1S/C18H22N4O5S/c1-19-17(26)12(11-7-20-13-5-3-2-4-10(11)13)8-21-18(27)14(6-16(24)25)22-15(23)9-28/h2-5,7,12,14,20,28H,6,8-9H2,1H3,(H,19,26)(H,21,27)(H,22,23)(H,24,25). The number of aromatic amines is 1. The third-order valence-electron chi connectivity index (χ3n) is 4.21. The number of carboxylic acid groups (broad SMARTS) is 1. The van der Waals surface area contributed by atoms with Crippen LogP contribution in [0.25, 0.3) is 10.9 Å². The van der Waals surface area contributed by atoms with Crippen molar-refractivity contribution in [3.63, 3.8) is 0 Å². The zero-order chi connectivity index (χ0) is 20.7. The molecule has 2 aromatic rings. The molecule has 2 rings (SSSR count). The van der Waals surface area contributed by atoms with Crippen molar-refractivity contribution in [2.45, 2.75) is 18.4 Å². The van der Waals surface area contributed by atoms with Gasteiger partial charge < -0.3 is 26.0 Å². The highest BCUT2D eigenvalue weighted by Gasteiger charge is 2.27. The zero-order valence-corrected chi connectivity index (χ0v) is 16.1. The number of nitrogens with one attached hydrogen (secondary N) is 4. The first-order valence-corrected chi connectivity index (χ1v) is 9.18. The number of carboxylic acids is 1. The number of rotatable bonds is 9. The second-order valence-corrected chi connectivity index (χ2v) is 6.39. The monoisotopic (exact) mass is 406 g/mol.